The van der Waals surface area contributed by atoms with Crippen molar-refractivity contribution in [1.82, 2.24) is 19.8 Å². The van der Waals surface area contributed by atoms with Crippen LogP contribution in [0, 0.1) is 0 Å². The van der Waals surface area contributed by atoms with Gasteiger partial charge in [-0.2, -0.15) is 0 Å². The maximum atomic E-state index is 13.1. The number of furan rings is 1. The van der Waals surface area contributed by atoms with Gasteiger partial charge in [0.15, 0.2) is 5.16 Å². The summed E-state index contributed by atoms with van der Waals surface area (Å²) < 4.78 is 7.01. The molecule has 0 bridgehead atoms. The number of nitrogens with zero attached hydrogens (tertiary/aromatic N) is 3. The van der Waals surface area contributed by atoms with E-state index in [1.54, 1.807) is 23.0 Å². The molecule has 0 radical (unpaired) electrons. The Balaban J connectivity index is 1.48. The first-order valence-electron chi connectivity index (χ1n) is 10.3. The van der Waals surface area contributed by atoms with Crippen molar-refractivity contribution in [3.63, 3.8) is 0 Å². The second-order valence-electron chi connectivity index (χ2n) is 7.45. The molecule has 158 valence electrons. The van der Waals surface area contributed by atoms with Gasteiger partial charge in [0.2, 0.25) is 5.91 Å². The van der Waals surface area contributed by atoms with Crippen LogP contribution in [0.4, 0.5) is 0 Å². The third-order valence-corrected chi connectivity index (χ3v) is 6.43. The van der Waals surface area contributed by atoms with Crippen LogP contribution in [-0.2, 0) is 11.3 Å². The van der Waals surface area contributed by atoms with Crippen molar-refractivity contribution in [1.29, 1.82) is 0 Å². The number of benzene rings is 1. The third-order valence-electron chi connectivity index (χ3n) is 5.45. The van der Waals surface area contributed by atoms with Crippen molar-refractivity contribution >= 4 is 28.6 Å². The van der Waals surface area contributed by atoms with Crippen molar-refractivity contribution in [3.8, 4) is 0 Å². The second kappa shape index (κ2) is 9.49. The summed E-state index contributed by atoms with van der Waals surface area (Å²) in [6.07, 6.45) is 3.53. The summed E-state index contributed by atoms with van der Waals surface area (Å²) in [5, 5.41) is 4.21. The SMILES string of the molecule is CCN1CCC(NC(=O)CSc2nc3ccccc3c(=O)n2Cc2ccco2)CC1. The number of piperidine rings is 1. The van der Waals surface area contributed by atoms with Gasteiger partial charge in [0.25, 0.3) is 5.56 Å². The molecule has 30 heavy (non-hydrogen) atoms. The summed E-state index contributed by atoms with van der Waals surface area (Å²) in [5.41, 5.74) is 0.500. The van der Waals surface area contributed by atoms with E-state index >= 15 is 0 Å². The van der Waals surface area contributed by atoms with Gasteiger partial charge < -0.3 is 14.6 Å². The Hall–Kier alpha value is -2.58. The Kier molecular flexibility index (Phi) is 6.54. The molecule has 8 heteroatoms. The monoisotopic (exact) mass is 426 g/mol. The van der Waals surface area contributed by atoms with Crippen molar-refractivity contribution in [3.05, 3.63) is 58.8 Å². The van der Waals surface area contributed by atoms with Crippen LogP contribution < -0.4 is 10.9 Å². The van der Waals surface area contributed by atoms with Crippen LogP contribution in [-0.4, -0.2) is 51.8 Å². The zero-order valence-corrected chi connectivity index (χ0v) is 17.9. The number of thioether (sulfide) groups is 1. The molecule has 1 fully saturated rings. The molecule has 0 spiro atoms. The Morgan fingerprint density at radius 3 is 2.77 bits per heavy atom. The normalized spacial score (nSPS) is 15.5. The zero-order chi connectivity index (χ0) is 20.9. The minimum atomic E-state index is -0.133. The summed E-state index contributed by atoms with van der Waals surface area (Å²) >= 11 is 1.29. The molecule has 1 N–H and O–H groups in total. The molecule has 3 heterocycles. The largest absolute Gasteiger partial charge is 0.467 e. The second-order valence-corrected chi connectivity index (χ2v) is 8.39. The molecule has 0 unspecified atom stereocenters. The molecule has 3 aromatic rings. The minimum Gasteiger partial charge on any atom is -0.467 e. The number of carbonyl (C=O) groups excluding carboxylic acids is 1. The van der Waals surface area contributed by atoms with Crippen LogP contribution in [0.5, 0.6) is 0 Å². The average Bonchev–Trinajstić information content (AvgIpc) is 3.28. The van der Waals surface area contributed by atoms with Crippen molar-refractivity contribution < 1.29 is 9.21 Å². The molecule has 7 nitrogen and oxygen atoms in total. The average molecular weight is 427 g/mol. The fourth-order valence-electron chi connectivity index (χ4n) is 3.75. The molecular formula is C22H26N4O3S. The molecular weight excluding hydrogens is 400 g/mol. The maximum absolute atomic E-state index is 13.1. The van der Waals surface area contributed by atoms with E-state index in [4.69, 9.17) is 4.42 Å². The highest BCUT2D eigenvalue weighted by Crippen LogP contribution is 2.19. The van der Waals surface area contributed by atoms with Gasteiger partial charge in [-0.15, -0.1) is 0 Å². The summed E-state index contributed by atoms with van der Waals surface area (Å²) in [5.74, 6) is 0.863. The molecule has 1 saturated heterocycles. The van der Waals surface area contributed by atoms with Gasteiger partial charge in [-0.25, -0.2) is 4.98 Å². The highest BCUT2D eigenvalue weighted by molar-refractivity contribution is 7.99. The lowest BCUT2D eigenvalue weighted by Gasteiger charge is -2.31. The number of para-hydroxylation sites is 1. The van der Waals surface area contributed by atoms with E-state index < -0.39 is 0 Å². The lowest BCUT2D eigenvalue weighted by atomic mass is 10.1. The first-order chi connectivity index (χ1) is 14.6. The number of hydrogen-bond acceptors (Lipinski definition) is 6. The highest BCUT2D eigenvalue weighted by atomic mass is 32.2. The Morgan fingerprint density at radius 1 is 1.23 bits per heavy atom. The van der Waals surface area contributed by atoms with Crippen LogP contribution in [0.2, 0.25) is 0 Å². The van der Waals surface area contributed by atoms with Gasteiger partial charge in [0.1, 0.15) is 5.76 Å². The quantitative estimate of drug-likeness (QED) is 0.462. The number of hydrogen-bond donors (Lipinski definition) is 1. The van der Waals surface area contributed by atoms with Gasteiger partial charge >= 0.3 is 0 Å². The fourth-order valence-corrected chi connectivity index (χ4v) is 4.56. The third kappa shape index (κ3) is 4.76. The Bertz CT molecular complexity index is 1060. The van der Waals surface area contributed by atoms with Gasteiger partial charge in [0.05, 0.1) is 29.5 Å². The maximum Gasteiger partial charge on any atom is 0.262 e. The van der Waals surface area contributed by atoms with E-state index in [0.717, 1.165) is 32.5 Å². The standard InChI is InChI=1S/C22H26N4O3S/c1-2-25-11-9-16(10-12-25)23-20(27)15-30-22-24-19-8-4-3-7-18(19)21(28)26(22)14-17-6-5-13-29-17/h3-8,13,16H,2,9-12,14-15H2,1H3,(H,23,27). The first-order valence-corrected chi connectivity index (χ1v) is 11.3. The lowest BCUT2D eigenvalue weighted by molar-refractivity contribution is -0.119. The predicted octanol–water partition coefficient (Wildman–Crippen LogP) is 2.73. The number of fused-ring (bicyclic) bond motifs is 1. The van der Waals surface area contributed by atoms with Crippen LogP contribution in [0.3, 0.4) is 0 Å². The molecule has 0 aliphatic carbocycles. The molecule has 2 aromatic heterocycles. The number of likely N-dealkylation sites (tertiary alicyclic amines) is 1. The number of amides is 1. The van der Waals surface area contributed by atoms with E-state index in [1.165, 1.54) is 11.8 Å². The van der Waals surface area contributed by atoms with Crippen LogP contribution >= 0.6 is 11.8 Å². The van der Waals surface area contributed by atoms with Crippen LogP contribution in [0.15, 0.2) is 57.0 Å². The molecule has 0 atom stereocenters. The highest BCUT2D eigenvalue weighted by Gasteiger charge is 2.20. The number of rotatable bonds is 7. The van der Waals surface area contributed by atoms with E-state index in [2.05, 4.69) is 22.1 Å². The molecule has 4 rings (SSSR count). The molecule has 1 amide bonds. The van der Waals surface area contributed by atoms with E-state index in [9.17, 15) is 9.59 Å². The minimum absolute atomic E-state index is 0.0260. The van der Waals surface area contributed by atoms with E-state index in [1.807, 2.05) is 24.3 Å². The Morgan fingerprint density at radius 2 is 2.03 bits per heavy atom. The van der Waals surface area contributed by atoms with Crippen molar-refractivity contribution in [2.45, 2.75) is 37.5 Å². The number of nitrogens with one attached hydrogen (secondary N) is 1. The summed E-state index contributed by atoms with van der Waals surface area (Å²) in [7, 11) is 0. The zero-order valence-electron chi connectivity index (χ0n) is 17.0. The number of carbonyl (C=O) groups is 1. The summed E-state index contributed by atoms with van der Waals surface area (Å²) in [6.45, 7) is 5.53. The van der Waals surface area contributed by atoms with Gasteiger partial charge in [0, 0.05) is 19.1 Å². The molecule has 1 aromatic carbocycles. The fraction of sp³-hybridized carbons (Fsp3) is 0.409. The van der Waals surface area contributed by atoms with E-state index in [0.29, 0.717) is 21.8 Å². The molecule has 1 aliphatic rings. The van der Waals surface area contributed by atoms with Crippen molar-refractivity contribution in [2.24, 2.45) is 0 Å². The summed E-state index contributed by atoms with van der Waals surface area (Å²) in [6, 6.07) is 11.1. The Labute approximate surface area is 179 Å². The first kappa shape index (κ1) is 20.7. The van der Waals surface area contributed by atoms with Crippen LogP contribution in [0.1, 0.15) is 25.5 Å². The van der Waals surface area contributed by atoms with Crippen LogP contribution in [0.25, 0.3) is 10.9 Å². The van der Waals surface area contributed by atoms with Gasteiger partial charge in [-0.05, 0) is 43.7 Å². The van der Waals surface area contributed by atoms with Gasteiger partial charge in [-0.3, -0.25) is 14.2 Å². The molecule has 1 aliphatic heterocycles. The predicted molar refractivity (Wildman–Crippen MR) is 118 cm³/mol. The number of aromatic nitrogens is 2. The van der Waals surface area contributed by atoms with E-state index in [-0.39, 0.29) is 29.8 Å². The van der Waals surface area contributed by atoms with Crippen molar-refractivity contribution in [2.75, 3.05) is 25.4 Å². The smallest absolute Gasteiger partial charge is 0.262 e. The molecule has 0 saturated carbocycles. The lowest BCUT2D eigenvalue weighted by Crippen LogP contribution is -2.45. The van der Waals surface area contributed by atoms with Gasteiger partial charge in [-0.1, -0.05) is 30.8 Å². The topological polar surface area (TPSA) is 80.4 Å². The summed E-state index contributed by atoms with van der Waals surface area (Å²) in [4.78, 5) is 32.6.